The minimum Gasteiger partial charge on any atom is -0.392 e. The maximum atomic E-state index is 13.4. The van der Waals surface area contributed by atoms with Crippen LogP contribution in [-0.2, 0) is 4.79 Å². The van der Waals surface area contributed by atoms with Crippen LogP contribution in [0.4, 0.5) is 8.78 Å². The van der Waals surface area contributed by atoms with E-state index in [0.717, 1.165) is 37.0 Å². The van der Waals surface area contributed by atoms with Crippen molar-refractivity contribution in [2.75, 3.05) is 0 Å². The van der Waals surface area contributed by atoms with Crippen LogP contribution in [0, 0.1) is 17.0 Å². The van der Waals surface area contributed by atoms with Crippen molar-refractivity contribution >= 4 is 11.9 Å². The topological polar surface area (TPSA) is 37.3 Å². The van der Waals surface area contributed by atoms with Gasteiger partial charge in [0.1, 0.15) is 0 Å². The lowest BCUT2D eigenvalue weighted by Crippen LogP contribution is -2.42. The second kappa shape index (κ2) is 5.68. The highest BCUT2D eigenvalue weighted by molar-refractivity contribution is 6.12. The van der Waals surface area contributed by atoms with E-state index in [0.29, 0.717) is 23.1 Å². The summed E-state index contributed by atoms with van der Waals surface area (Å²) < 4.78 is 26.4. The number of hydrogen-bond donors (Lipinski definition) is 1. The third-order valence-electron chi connectivity index (χ3n) is 5.26. The maximum Gasteiger partial charge on any atom is 0.184 e. The summed E-state index contributed by atoms with van der Waals surface area (Å²) in [5.74, 6) is -1.90. The fraction of sp³-hybridized carbons (Fsp3) is 0.421. The largest absolute Gasteiger partial charge is 0.392 e. The highest BCUT2D eigenvalue weighted by Crippen LogP contribution is 2.50. The molecule has 2 aliphatic rings. The number of aliphatic hydroxyl groups is 1. The van der Waals surface area contributed by atoms with Gasteiger partial charge in [0, 0.05) is 11.0 Å². The summed E-state index contributed by atoms with van der Waals surface area (Å²) in [5.41, 5.74) is 2.29. The maximum absolute atomic E-state index is 13.4. The van der Waals surface area contributed by atoms with Gasteiger partial charge >= 0.3 is 0 Å². The average Bonchev–Trinajstić information content (AvgIpc) is 2.50. The van der Waals surface area contributed by atoms with Gasteiger partial charge in [-0.2, -0.15) is 0 Å². The molecule has 0 amide bonds. The smallest absolute Gasteiger partial charge is 0.184 e. The zero-order valence-corrected chi connectivity index (χ0v) is 13.3. The number of rotatable bonds is 1. The van der Waals surface area contributed by atoms with E-state index in [1.165, 1.54) is 6.07 Å². The Bertz CT molecular complexity index is 733. The lowest BCUT2D eigenvalue weighted by molar-refractivity contribution is -0.113. The van der Waals surface area contributed by atoms with Gasteiger partial charge < -0.3 is 5.11 Å². The van der Waals surface area contributed by atoms with E-state index in [1.807, 2.05) is 6.92 Å². The molecule has 4 heteroatoms. The molecule has 0 radical (unpaired) electrons. The van der Waals surface area contributed by atoms with Gasteiger partial charge in [-0.15, -0.1) is 0 Å². The number of benzene rings is 1. The first-order valence-electron chi connectivity index (χ1n) is 7.91. The first kappa shape index (κ1) is 16.1. The molecule has 1 aromatic carbocycles. The molecular weight excluding hydrogens is 298 g/mol. The van der Waals surface area contributed by atoms with E-state index < -0.39 is 23.2 Å². The Morgan fingerprint density at radius 2 is 2.04 bits per heavy atom. The van der Waals surface area contributed by atoms with Crippen LogP contribution in [0.25, 0.3) is 6.08 Å². The van der Waals surface area contributed by atoms with Gasteiger partial charge in [-0.05, 0) is 62.0 Å². The molecule has 0 aliphatic heterocycles. The molecule has 0 aromatic heterocycles. The van der Waals surface area contributed by atoms with Gasteiger partial charge in [-0.1, -0.05) is 18.6 Å². The molecule has 0 spiro atoms. The predicted molar refractivity (Wildman–Crippen MR) is 84.6 cm³/mol. The van der Waals surface area contributed by atoms with Crippen LogP contribution in [0.3, 0.4) is 0 Å². The van der Waals surface area contributed by atoms with Crippen molar-refractivity contribution in [3.63, 3.8) is 0 Å². The fourth-order valence-electron chi connectivity index (χ4n) is 3.89. The number of carbonyl (C=O) groups is 1. The summed E-state index contributed by atoms with van der Waals surface area (Å²) in [4.78, 5) is 12.6. The van der Waals surface area contributed by atoms with Crippen molar-refractivity contribution in [1.82, 2.24) is 0 Å². The Hall–Kier alpha value is -1.81. The monoisotopic (exact) mass is 318 g/mol. The highest BCUT2D eigenvalue weighted by atomic mass is 19.2. The number of ketones is 1. The quantitative estimate of drug-likeness (QED) is 0.788. The van der Waals surface area contributed by atoms with Crippen LogP contribution in [0.1, 0.15) is 45.1 Å². The van der Waals surface area contributed by atoms with Crippen LogP contribution < -0.4 is 0 Å². The number of carbonyl (C=O) groups excluding carboxylic acids is 1. The number of aliphatic hydroxyl groups excluding tert-OH is 1. The third kappa shape index (κ3) is 2.65. The molecule has 1 saturated carbocycles. The van der Waals surface area contributed by atoms with E-state index in [9.17, 15) is 18.7 Å². The lowest BCUT2D eigenvalue weighted by atomic mass is 9.61. The molecule has 0 bridgehead atoms. The molecule has 0 unspecified atom stereocenters. The first-order chi connectivity index (χ1) is 10.8. The van der Waals surface area contributed by atoms with Gasteiger partial charge in [0.25, 0.3) is 0 Å². The summed E-state index contributed by atoms with van der Waals surface area (Å²) >= 11 is 0. The Morgan fingerprint density at radius 1 is 1.30 bits per heavy atom. The molecule has 0 saturated heterocycles. The van der Waals surface area contributed by atoms with E-state index in [1.54, 1.807) is 13.0 Å². The van der Waals surface area contributed by atoms with Crippen LogP contribution in [-0.4, -0.2) is 17.0 Å². The molecule has 23 heavy (non-hydrogen) atoms. The molecule has 1 N–H and O–H groups in total. The molecule has 1 aromatic rings. The number of fused-ring (bicyclic) bond motifs is 1. The number of allylic oxidation sites excluding steroid dienone is 2. The molecule has 2 aliphatic carbocycles. The van der Waals surface area contributed by atoms with E-state index in [-0.39, 0.29) is 5.78 Å². The van der Waals surface area contributed by atoms with Crippen molar-refractivity contribution in [2.45, 2.75) is 45.6 Å². The highest BCUT2D eigenvalue weighted by Gasteiger charge is 2.45. The van der Waals surface area contributed by atoms with Gasteiger partial charge in [-0.3, -0.25) is 4.79 Å². The summed E-state index contributed by atoms with van der Waals surface area (Å²) in [5, 5.41) is 10.4. The molecule has 3 rings (SSSR count). The van der Waals surface area contributed by atoms with E-state index in [2.05, 4.69) is 0 Å². The van der Waals surface area contributed by atoms with E-state index in [4.69, 9.17) is 0 Å². The SMILES string of the molecule is CC1=C2CCC[C@H](O)[C@@]2(C)C/C(=C\c2ccc(F)c(F)c2)C1=O. The molecule has 122 valence electrons. The summed E-state index contributed by atoms with van der Waals surface area (Å²) in [6.07, 6.45) is 4.00. The Kier molecular flexibility index (Phi) is 3.96. The summed E-state index contributed by atoms with van der Waals surface area (Å²) in [6, 6.07) is 3.59. The van der Waals surface area contributed by atoms with Crippen molar-refractivity contribution in [3.8, 4) is 0 Å². The second-order valence-electron chi connectivity index (χ2n) is 6.78. The first-order valence-corrected chi connectivity index (χ1v) is 7.91. The zero-order valence-electron chi connectivity index (χ0n) is 13.3. The van der Waals surface area contributed by atoms with Crippen molar-refractivity contribution in [2.24, 2.45) is 5.41 Å². The van der Waals surface area contributed by atoms with Gasteiger partial charge in [0.15, 0.2) is 17.4 Å². The zero-order chi connectivity index (χ0) is 16.8. The molecule has 2 nitrogen and oxygen atoms in total. The number of hydrogen-bond acceptors (Lipinski definition) is 2. The minimum absolute atomic E-state index is 0.0590. The Balaban J connectivity index is 2.04. The van der Waals surface area contributed by atoms with Gasteiger partial charge in [0.2, 0.25) is 0 Å². The van der Waals surface area contributed by atoms with Crippen LogP contribution in [0.5, 0.6) is 0 Å². The Morgan fingerprint density at radius 3 is 2.74 bits per heavy atom. The lowest BCUT2D eigenvalue weighted by Gasteiger charge is -2.45. The molecule has 1 fully saturated rings. The van der Waals surface area contributed by atoms with E-state index >= 15 is 0 Å². The van der Waals surface area contributed by atoms with Gasteiger partial charge in [-0.25, -0.2) is 8.78 Å². The van der Waals surface area contributed by atoms with Crippen LogP contribution >= 0.6 is 0 Å². The number of halogens is 2. The van der Waals surface area contributed by atoms with Crippen LogP contribution in [0.15, 0.2) is 34.9 Å². The summed E-state index contributed by atoms with van der Waals surface area (Å²) in [7, 11) is 0. The minimum atomic E-state index is -0.931. The molecule has 0 heterocycles. The standard InChI is InChI=1S/C19H20F2O2/c1-11-14-4-3-5-17(22)19(14,2)10-13(18(11)23)8-12-6-7-15(20)16(21)9-12/h6-9,17,22H,3-5,10H2,1-2H3/b13-8+/t17-,19-/m0/s1. The third-order valence-corrected chi connectivity index (χ3v) is 5.26. The second-order valence-corrected chi connectivity index (χ2v) is 6.78. The van der Waals surface area contributed by atoms with Crippen LogP contribution in [0.2, 0.25) is 0 Å². The van der Waals surface area contributed by atoms with Gasteiger partial charge in [0.05, 0.1) is 6.10 Å². The van der Waals surface area contributed by atoms with Crippen molar-refractivity contribution in [1.29, 1.82) is 0 Å². The fourth-order valence-corrected chi connectivity index (χ4v) is 3.89. The van der Waals surface area contributed by atoms with Crippen molar-refractivity contribution < 1.29 is 18.7 Å². The van der Waals surface area contributed by atoms with Crippen molar-refractivity contribution in [3.05, 3.63) is 52.1 Å². The Labute approximate surface area is 134 Å². The molecule has 2 atom stereocenters. The predicted octanol–water partition coefficient (Wildman–Crippen LogP) is 4.19. The summed E-state index contributed by atoms with van der Waals surface area (Å²) in [6.45, 7) is 3.79. The number of Topliss-reactive ketones (excluding diaryl/α,β-unsaturated/α-hetero) is 1. The average molecular weight is 318 g/mol. The molecular formula is C19H20F2O2. The normalized spacial score (nSPS) is 29.9.